The normalized spacial score (nSPS) is 10.5. The van der Waals surface area contributed by atoms with Crippen molar-refractivity contribution in [3.05, 3.63) is 60.2 Å². The third-order valence-electron chi connectivity index (χ3n) is 3.66. The van der Waals surface area contributed by atoms with E-state index in [0.717, 1.165) is 0 Å². The molecule has 3 amide bonds. The third kappa shape index (κ3) is 7.24. The highest BCUT2D eigenvalue weighted by Gasteiger charge is 2.13. The number of rotatable bonds is 4. The molecule has 0 saturated carbocycles. The Morgan fingerprint density at radius 3 is 2.21 bits per heavy atom. The molecular weight excluding hydrogens is 376 g/mol. The van der Waals surface area contributed by atoms with Crippen molar-refractivity contribution in [3.63, 3.8) is 0 Å². The Morgan fingerprint density at radius 1 is 0.964 bits per heavy atom. The van der Waals surface area contributed by atoms with Gasteiger partial charge >= 0.3 is 6.03 Å². The SMILES string of the molecule is CC(C)(C)c1ccc(OCC(=O)NC(=S)NNC(=O)Nc2ccccc2)cc1. The summed E-state index contributed by atoms with van der Waals surface area (Å²) in [6.07, 6.45) is 0. The number of amides is 3. The minimum absolute atomic E-state index is 0.0418. The summed E-state index contributed by atoms with van der Waals surface area (Å²) in [6, 6.07) is 16.0. The van der Waals surface area contributed by atoms with Crippen LogP contribution in [0.15, 0.2) is 54.6 Å². The number of ether oxygens (including phenoxy) is 1. The summed E-state index contributed by atoms with van der Waals surface area (Å²) >= 11 is 4.96. The number of hydrogen-bond acceptors (Lipinski definition) is 4. The molecule has 0 fully saturated rings. The van der Waals surface area contributed by atoms with Crippen molar-refractivity contribution < 1.29 is 14.3 Å². The molecule has 2 rings (SSSR count). The van der Waals surface area contributed by atoms with Crippen molar-refractivity contribution in [1.82, 2.24) is 16.2 Å². The van der Waals surface area contributed by atoms with Crippen LogP contribution in [0.25, 0.3) is 0 Å². The second kappa shape index (κ2) is 9.70. The molecule has 7 nitrogen and oxygen atoms in total. The Balaban J connectivity index is 1.69. The summed E-state index contributed by atoms with van der Waals surface area (Å²) < 4.78 is 5.44. The van der Waals surface area contributed by atoms with Crippen LogP contribution in [0.3, 0.4) is 0 Å². The lowest BCUT2D eigenvalue weighted by Gasteiger charge is -2.19. The van der Waals surface area contributed by atoms with E-state index in [2.05, 4.69) is 42.3 Å². The Bertz CT molecular complexity index is 818. The zero-order chi connectivity index (χ0) is 20.6. The molecule has 0 unspecified atom stereocenters. The van der Waals surface area contributed by atoms with Gasteiger partial charge in [0, 0.05) is 5.69 Å². The molecule has 148 valence electrons. The topological polar surface area (TPSA) is 91.5 Å². The summed E-state index contributed by atoms with van der Waals surface area (Å²) in [7, 11) is 0. The number of benzene rings is 2. The first kappa shape index (κ1) is 21.2. The number of thiocarbonyl (C=S) groups is 1. The predicted octanol–water partition coefficient (Wildman–Crippen LogP) is 3.09. The summed E-state index contributed by atoms with van der Waals surface area (Å²) in [5.41, 5.74) is 6.62. The summed E-state index contributed by atoms with van der Waals surface area (Å²) in [5, 5.41) is 4.98. The average molecular weight is 401 g/mol. The summed E-state index contributed by atoms with van der Waals surface area (Å²) in [6.45, 7) is 6.17. The first-order chi connectivity index (χ1) is 13.2. The number of para-hydroxylation sites is 1. The van der Waals surface area contributed by atoms with Gasteiger partial charge in [0.05, 0.1) is 0 Å². The average Bonchev–Trinajstić information content (AvgIpc) is 2.65. The van der Waals surface area contributed by atoms with Crippen LogP contribution in [0.5, 0.6) is 5.75 Å². The fraction of sp³-hybridized carbons (Fsp3) is 0.250. The molecule has 2 aromatic carbocycles. The molecule has 0 saturated heterocycles. The maximum absolute atomic E-state index is 11.9. The molecule has 2 aromatic rings. The molecule has 0 radical (unpaired) electrons. The van der Waals surface area contributed by atoms with Crippen LogP contribution in [0, 0.1) is 0 Å². The monoisotopic (exact) mass is 400 g/mol. The van der Waals surface area contributed by atoms with Gasteiger partial charge in [-0.2, -0.15) is 0 Å². The van der Waals surface area contributed by atoms with Gasteiger partial charge < -0.3 is 10.1 Å². The van der Waals surface area contributed by atoms with Gasteiger partial charge in [-0.25, -0.2) is 10.2 Å². The minimum Gasteiger partial charge on any atom is -0.484 e. The number of hydrogen-bond donors (Lipinski definition) is 4. The number of nitrogens with one attached hydrogen (secondary N) is 4. The van der Waals surface area contributed by atoms with E-state index in [0.29, 0.717) is 11.4 Å². The molecule has 0 aliphatic rings. The zero-order valence-electron chi connectivity index (χ0n) is 16.0. The van der Waals surface area contributed by atoms with E-state index in [9.17, 15) is 9.59 Å². The minimum atomic E-state index is -0.516. The fourth-order valence-corrected chi connectivity index (χ4v) is 2.36. The van der Waals surface area contributed by atoms with Gasteiger partial charge in [-0.05, 0) is 47.5 Å². The van der Waals surface area contributed by atoms with Crippen molar-refractivity contribution in [2.24, 2.45) is 0 Å². The van der Waals surface area contributed by atoms with Crippen molar-refractivity contribution in [2.75, 3.05) is 11.9 Å². The lowest BCUT2D eigenvalue weighted by molar-refractivity contribution is -0.121. The molecule has 0 aliphatic heterocycles. The maximum atomic E-state index is 11.9. The molecule has 0 bridgehead atoms. The van der Waals surface area contributed by atoms with Gasteiger partial charge in [0.15, 0.2) is 11.7 Å². The predicted molar refractivity (Wildman–Crippen MR) is 113 cm³/mol. The summed E-state index contributed by atoms with van der Waals surface area (Å²) in [4.78, 5) is 23.6. The molecule has 0 spiro atoms. The first-order valence-corrected chi connectivity index (χ1v) is 9.10. The highest BCUT2D eigenvalue weighted by atomic mass is 32.1. The lowest BCUT2D eigenvalue weighted by atomic mass is 9.87. The van der Waals surface area contributed by atoms with Crippen LogP contribution in [0.1, 0.15) is 26.3 Å². The van der Waals surface area contributed by atoms with Crippen molar-refractivity contribution in [3.8, 4) is 5.75 Å². The van der Waals surface area contributed by atoms with Gasteiger partial charge in [-0.1, -0.05) is 51.1 Å². The highest BCUT2D eigenvalue weighted by Crippen LogP contribution is 2.24. The van der Waals surface area contributed by atoms with Crippen LogP contribution in [-0.2, 0) is 10.2 Å². The van der Waals surface area contributed by atoms with Gasteiger partial charge in [0.2, 0.25) is 0 Å². The van der Waals surface area contributed by atoms with Crippen LogP contribution in [0.4, 0.5) is 10.5 Å². The molecule has 0 aliphatic carbocycles. The first-order valence-electron chi connectivity index (χ1n) is 8.69. The second-order valence-corrected chi connectivity index (χ2v) is 7.42. The van der Waals surface area contributed by atoms with Crippen LogP contribution < -0.4 is 26.2 Å². The standard InChI is InChI=1S/C20H24N4O3S/c1-20(2,3)14-9-11-16(12-10-14)27-13-17(25)22-19(28)24-23-18(26)21-15-7-5-4-6-8-15/h4-12H,13H2,1-3H3,(H2,21,23,26)(H2,22,24,25,28). The molecule has 0 aromatic heterocycles. The zero-order valence-corrected chi connectivity index (χ0v) is 16.9. The van der Waals surface area contributed by atoms with E-state index >= 15 is 0 Å². The molecule has 0 atom stereocenters. The molecule has 8 heteroatoms. The van der Waals surface area contributed by atoms with Crippen LogP contribution >= 0.6 is 12.2 Å². The highest BCUT2D eigenvalue weighted by molar-refractivity contribution is 7.80. The van der Waals surface area contributed by atoms with Crippen molar-refractivity contribution >= 4 is 35.0 Å². The van der Waals surface area contributed by atoms with Gasteiger partial charge in [0.25, 0.3) is 5.91 Å². The number of hydrazine groups is 1. The van der Waals surface area contributed by atoms with Crippen LogP contribution in [0.2, 0.25) is 0 Å². The molecular formula is C20H24N4O3S. The number of carbonyl (C=O) groups is 2. The molecule has 0 heterocycles. The molecule has 28 heavy (non-hydrogen) atoms. The second-order valence-electron chi connectivity index (χ2n) is 7.01. The fourth-order valence-electron chi connectivity index (χ4n) is 2.19. The third-order valence-corrected chi connectivity index (χ3v) is 3.87. The Morgan fingerprint density at radius 2 is 1.61 bits per heavy atom. The lowest BCUT2D eigenvalue weighted by Crippen LogP contribution is -2.50. The van der Waals surface area contributed by atoms with Crippen molar-refractivity contribution in [1.29, 1.82) is 0 Å². The Hall–Kier alpha value is -3.13. The van der Waals surface area contributed by atoms with Crippen molar-refractivity contribution in [2.45, 2.75) is 26.2 Å². The largest absolute Gasteiger partial charge is 0.484 e. The van der Waals surface area contributed by atoms with E-state index in [1.165, 1.54) is 5.56 Å². The Kier molecular flexibility index (Phi) is 7.34. The van der Waals surface area contributed by atoms with Gasteiger partial charge in [-0.3, -0.25) is 15.5 Å². The number of carbonyl (C=O) groups excluding carboxylic acids is 2. The van der Waals surface area contributed by atoms with Crippen LogP contribution in [-0.4, -0.2) is 23.7 Å². The number of anilines is 1. The molecule has 4 N–H and O–H groups in total. The van der Waals surface area contributed by atoms with E-state index in [1.54, 1.807) is 24.3 Å². The smallest absolute Gasteiger partial charge is 0.337 e. The van der Waals surface area contributed by atoms with Gasteiger partial charge in [0.1, 0.15) is 5.75 Å². The van der Waals surface area contributed by atoms with E-state index in [1.807, 2.05) is 30.3 Å². The van der Waals surface area contributed by atoms with E-state index < -0.39 is 11.9 Å². The Labute approximate surface area is 169 Å². The maximum Gasteiger partial charge on any atom is 0.337 e. The number of urea groups is 1. The summed E-state index contributed by atoms with van der Waals surface area (Å²) in [5.74, 6) is 0.144. The van der Waals surface area contributed by atoms with E-state index in [4.69, 9.17) is 17.0 Å². The van der Waals surface area contributed by atoms with Gasteiger partial charge in [-0.15, -0.1) is 0 Å². The quantitative estimate of drug-likeness (QED) is 0.468. The van der Waals surface area contributed by atoms with E-state index in [-0.39, 0.29) is 17.1 Å².